The molecule has 88 valence electrons. The van der Waals surface area contributed by atoms with Gasteiger partial charge < -0.3 is 5.32 Å². The number of nitrogens with zero attached hydrogens (tertiary/aromatic N) is 1. The van der Waals surface area contributed by atoms with Crippen LogP contribution in [0.2, 0.25) is 0 Å². The molecule has 0 bridgehead atoms. The molecule has 5 heteroatoms. The van der Waals surface area contributed by atoms with Gasteiger partial charge in [0.15, 0.2) is 0 Å². The first-order chi connectivity index (χ1) is 8.24. The lowest BCUT2D eigenvalue weighted by Crippen LogP contribution is -2.49. The molecule has 0 saturated carbocycles. The number of carbonyl (C=O) groups is 2. The van der Waals surface area contributed by atoms with Crippen molar-refractivity contribution in [3.05, 3.63) is 23.8 Å². The van der Waals surface area contributed by atoms with Crippen LogP contribution < -0.4 is 15.5 Å². The highest BCUT2D eigenvalue weighted by Gasteiger charge is 2.25. The van der Waals surface area contributed by atoms with E-state index in [2.05, 4.69) is 10.6 Å². The Balaban J connectivity index is 1.89. The SMILES string of the molecule is O=C1CCN(c2ccc3c(c2)NCC3)C(=O)N1. The van der Waals surface area contributed by atoms with Crippen LogP contribution in [0.25, 0.3) is 0 Å². The Bertz CT molecular complexity index is 499. The second-order valence-corrected chi connectivity index (χ2v) is 4.27. The van der Waals surface area contributed by atoms with Crippen LogP contribution in [0.1, 0.15) is 12.0 Å². The molecular weight excluding hydrogens is 218 g/mol. The van der Waals surface area contributed by atoms with Crippen molar-refractivity contribution in [1.29, 1.82) is 0 Å². The molecule has 0 aliphatic carbocycles. The van der Waals surface area contributed by atoms with Crippen molar-refractivity contribution >= 4 is 23.3 Å². The highest BCUT2D eigenvalue weighted by molar-refractivity contribution is 6.05. The van der Waals surface area contributed by atoms with Crippen LogP contribution in [-0.2, 0) is 11.2 Å². The summed E-state index contributed by atoms with van der Waals surface area (Å²) in [7, 11) is 0. The molecule has 0 spiro atoms. The molecule has 3 amide bonds. The maximum atomic E-state index is 11.7. The summed E-state index contributed by atoms with van der Waals surface area (Å²) >= 11 is 0. The number of hydrogen-bond donors (Lipinski definition) is 2. The number of imide groups is 1. The summed E-state index contributed by atoms with van der Waals surface area (Å²) < 4.78 is 0. The van der Waals surface area contributed by atoms with Crippen LogP contribution in [0, 0.1) is 0 Å². The topological polar surface area (TPSA) is 61.4 Å². The lowest BCUT2D eigenvalue weighted by atomic mass is 10.1. The molecule has 0 atom stereocenters. The third-order valence-electron chi connectivity index (χ3n) is 3.17. The van der Waals surface area contributed by atoms with Gasteiger partial charge in [-0.05, 0) is 24.1 Å². The lowest BCUT2D eigenvalue weighted by Gasteiger charge is -2.26. The van der Waals surface area contributed by atoms with E-state index < -0.39 is 0 Å². The quantitative estimate of drug-likeness (QED) is 0.760. The molecule has 17 heavy (non-hydrogen) atoms. The van der Waals surface area contributed by atoms with Crippen molar-refractivity contribution in [1.82, 2.24) is 5.32 Å². The Hall–Kier alpha value is -2.04. The summed E-state index contributed by atoms with van der Waals surface area (Å²) in [6, 6.07) is 5.60. The normalized spacial score (nSPS) is 18.7. The number of rotatable bonds is 1. The molecule has 2 heterocycles. The summed E-state index contributed by atoms with van der Waals surface area (Å²) in [5.74, 6) is -0.203. The number of carbonyl (C=O) groups excluding carboxylic acids is 2. The zero-order valence-corrected chi connectivity index (χ0v) is 9.32. The first-order valence-corrected chi connectivity index (χ1v) is 5.72. The fourth-order valence-corrected chi connectivity index (χ4v) is 2.26. The van der Waals surface area contributed by atoms with E-state index in [1.165, 1.54) is 5.56 Å². The van der Waals surface area contributed by atoms with Gasteiger partial charge in [0.25, 0.3) is 0 Å². The van der Waals surface area contributed by atoms with Crippen molar-refractivity contribution in [3.8, 4) is 0 Å². The average Bonchev–Trinajstić information content (AvgIpc) is 2.75. The maximum Gasteiger partial charge on any atom is 0.328 e. The molecule has 3 rings (SSSR count). The second-order valence-electron chi connectivity index (χ2n) is 4.27. The smallest absolute Gasteiger partial charge is 0.328 e. The van der Waals surface area contributed by atoms with E-state index in [9.17, 15) is 9.59 Å². The zero-order valence-electron chi connectivity index (χ0n) is 9.32. The molecule has 2 aliphatic heterocycles. The number of fused-ring (bicyclic) bond motifs is 1. The molecule has 0 unspecified atom stereocenters. The number of nitrogens with one attached hydrogen (secondary N) is 2. The molecule has 1 fully saturated rings. The molecule has 2 aliphatic rings. The molecule has 5 nitrogen and oxygen atoms in total. The standard InChI is InChI=1S/C12H13N3O2/c16-11-4-6-15(12(17)14-11)9-2-1-8-3-5-13-10(8)7-9/h1-2,7,13H,3-6H2,(H,14,16,17). The highest BCUT2D eigenvalue weighted by atomic mass is 16.2. The van der Waals surface area contributed by atoms with E-state index >= 15 is 0 Å². The monoisotopic (exact) mass is 231 g/mol. The number of benzene rings is 1. The fraction of sp³-hybridized carbons (Fsp3) is 0.333. The first kappa shape index (κ1) is 10.1. The van der Waals surface area contributed by atoms with Gasteiger partial charge in [-0.15, -0.1) is 0 Å². The summed E-state index contributed by atoms with van der Waals surface area (Å²) in [5.41, 5.74) is 3.21. The predicted octanol–water partition coefficient (Wildman–Crippen LogP) is 1.10. The minimum absolute atomic E-state index is 0.203. The van der Waals surface area contributed by atoms with Crippen molar-refractivity contribution < 1.29 is 9.59 Å². The van der Waals surface area contributed by atoms with Gasteiger partial charge in [0.05, 0.1) is 0 Å². The fourth-order valence-electron chi connectivity index (χ4n) is 2.26. The highest BCUT2D eigenvalue weighted by Crippen LogP contribution is 2.28. The molecule has 1 aromatic rings. The summed E-state index contributed by atoms with van der Waals surface area (Å²) in [6.45, 7) is 1.40. The summed E-state index contributed by atoms with van der Waals surface area (Å²) in [5, 5.41) is 5.60. The molecule has 2 N–H and O–H groups in total. The van der Waals surface area contributed by atoms with Gasteiger partial charge in [-0.2, -0.15) is 0 Å². The van der Waals surface area contributed by atoms with Gasteiger partial charge in [0, 0.05) is 30.9 Å². The van der Waals surface area contributed by atoms with Crippen molar-refractivity contribution in [2.75, 3.05) is 23.3 Å². The molecule has 0 aromatic heterocycles. The van der Waals surface area contributed by atoms with Crippen molar-refractivity contribution in [3.63, 3.8) is 0 Å². The van der Waals surface area contributed by atoms with Crippen LogP contribution in [0.3, 0.4) is 0 Å². The first-order valence-electron chi connectivity index (χ1n) is 5.72. The largest absolute Gasteiger partial charge is 0.384 e. The molecule has 0 radical (unpaired) electrons. The van der Waals surface area contributed by atoms with Gasteiger partial charge >= 0.3 is 6.03 Å². The van der Waals surface area contributed by atoms with E-state index in [0.717, 1.165) is 24.3 Å². The van der Waals surface area contributed by atoms with Crippen molar-refractivity contribution in [2.24, 2.45) is 0 Å². The Kier molecular flexibility index (Phi) is 2.24. The van der Waals surface area contributed by atoms with Gasteiger partial charge in [-0.1, -0.05) is 6.07 Å². The third kappa shape index (κ3) is 1.73. The van der Waals surface area contributed by atoms with Crippen LogP contribution in [0.15, 0.2) is 18.2 Å². The average molecular weight is 231 g/mol. The predicted molar refractivity (Wildman–Crippen MR) is 64.1 cm³/mol. The van der Waals surface area contributed by atoms with Gasteiger partial charge in [-0.25, -0.2) is 4.79 Å². The van der Waals surface area contributed by atoms with Gasteiger partial charge in [0.1, 0.15) is 0 Å². The Morgan fingerprint density at radius 1 is 1.18 bits per heavy atom. The van der Waals surface area contributed by atoms with Crippen molar-refractivity contribution in [2.45, 2.75) is 12.8 Å². The number of amides is 3. The molecular formula is C12H13N3O2. The van der Waals surface area contributed by atoms with E-state index in [0.29, 0.717) is 13.0 Å². The maximum absolute atomic E-state index is 11.7. The Labute approximate surface area is 98.8 Å². The summed E-state index contributed by atoms with van der Waals surface area (Å²) in [6.07, 6.45) is 1.39. The van der Waals surface area contributed by atoms with Gasteiger partial charge in [0.2, 0.25) is 5.91 Å². The second kappa shape index (κ2) is 3.76. The minimum Gasteiger partial charge on any atom is -0.384 e. The number of anilines is 2. The number of hydrogen-bond acceptors (Lipinski definition) is 3. The van der Waals surface area contributed by atoms with E-state index in [1.54, 1.807) is 4.90 Å². The molecule has 1 aromatic carbocycles. The Morgan fingerprint density at radius 3 is 2.88 bits per heavy atom. The summed E-state index contributed by atoms with van der Waals surface area (Å²) in [4.78, 5) is 24.3. The van der Waals surface area contributed by atoms with E-state index in [4.69, 9.17) is 0 Å². The Morgan fingerprint density at radius 2 is 2.06 bits per heavy atom. The van der Waals surface area contributed by atoms with E-state index in [-0.39, 0.29) is 11.9 Å². The van der Waals surface area contributed by atoms with Gasteiger partial charge in [-0.3, -0.25) is 15.0 Å². The van der Waals surface area contributed by atoms with Crippen LogP contribution in [-0.4, -0.2) is 25.0 Å². The number of urea groups is 1. The third-order valence-corrected chi connectivity index (χ3v) is 3.17. The van der Waals surface area contributed by atoms with E-state index in [1.807, 2.05) is 18.2 Å². The molecule has 1 saturated heterocycles. The van der Waals surface area contributed by atoms with Crippen LogP contribution in [0.5, 0.6) is 0 Å². The lowest BCUT2D eigenvalue weighted by molar-refractivity contribution is -0.120. The van der Waals surface area contributed by atoms with Crippen LogP contribution >= 0.6 is 0 Å². The minimum atomic E-state index is -0.334. The zero-order chi connectivity index (χ0) is 11.8. The van der Waals surface area contributed by atoms with Crippen LogP contribution in [0.4, 0.5) is 16.2 Å².